The SMILES string of the molecule is C#C[C@@]1(O)[C@@H](COC(Cc2ccccc2)C(=O)O)O[C@@H](n2cnc3c(NCc4ccccc4F)nc(Cl)nc32)[C@@H]1O. The summed E-state index contributed by atoms with van der Waals surface area (Å²) in [6, 6.07) is 15.1. The minimum absolute atomic E-state index is 0.0631. The molecule has 1 fully saturated rings. The Kier molecular flexibility index (Phi) is 8.16. The normalized spacial score (nSPS) is 22.9. The summed E-state index contributed by atoms with van der Waals surface area (Å²) < 4.78 is 27.0. The van der Waals surface area contributed by atoms with Gasteiger partial charge in [-0.3, -0.25) is 4.57 Å². The van der Waals surface area contributed by atoms with E-state index in [1.54, 1.807) is 48.5 Å². The van der Waals surface area contributed by atoms with Crippen molar-refractivity contribution in [1.29, 1.82) is 0 Å². The number of carboxylic acid groups (broad SMARTS) is 1. The number of benzene rings is 2. The molecule has 4 N–H and O–H groups in total. The average molecular weight is 582 g/mol. The number of hydrogen-bond donors (Lipinski definition) is 4. The van der Waals surface area contributed by atoms with Gasteiger partial charge in [0.25, 0.3) is 0 Å². The summed E-state index contributed by atoms with van der Waals surface area (Å²) in [5.74, 6) is 0.748. The molecule has 0 spiro atoms. The summed E-state index contributed by atoms with van der Waals surface area (Å²) in [6.07, 6.45) is 1.42. The predicted molar refractivity (Wildman–Crippen MR) is 145 cm³/mol. The number of carboxylic acids is 1. The van der Waals surface area contributed by atoms with Crippen LogP contribution in [0.25, 0.3) is 11.2 Å². The fraction of sp³-hybridized carbons (Fsp3) is 0.286. The second kappa shape index (κ2) is 11.8. The molecule has 3 heterocycles. The van der Waals surface area contributed by atoms with Crippen LogP contribution in [0.4, 0.5) is 10.2 Å². The monoisotopic (exact) mass is 581 g/mol. The maximum Gasteiger partial charge on any atom is 0.333 e. The van der Waals surface area contributed by atoms with Crippen LogP contribution in [0, 0.1) is 18.2 Å². The van der Waals surface area contributed by atoms with Crippen LogP contribution in [0.1, 0.15) is 17.4 Å². The fourth-order valence-electron chi connectivity index (χ4n) is 4.59. The van der Waals surface area contributed by atoms with Crippen LogP contribution < -0.4 is 5.32 Å². The van der Waals surface area contributed by atoms with Crippen molar-refractivity contribution in [3.05, 3.63) is 83.2 Å². The highest BCUT2D eigenvalue weighted by Gasteiger charge is 2.56. The van der Waals surface area contributed by atoms with E-state index < -0.39 is 48.5 Å². The van der Waals surface area contributed by atoms with E-state index in [4.69, 9.17) is 27.5 Å². The number of aliphatic carboxylic acids is 1. The molecule has 1 unspecified atom stereocenters. The van der Waals surface area contributed by atoms with Crippen LogP contribution in [0.2, 0.25) is 5.28 Å². The number of aromatic nitrogens is 4. The zero-order chi connectivity index (χ0) is 29.1. The lowest BCUT2D eigenvalue weighted by atomic mass is 9.93. The molecular weight excluding hydrogens is 557 g/mol. The van der Waals surface area contributed by atoms with Crippen LogP contribution in [-0.4, -0.2) is 71.3 Å². The quantitative estimate of drug-likeness (QED) is 0.162. The summed E-state index contributed by atoms with van der Waals surface area (Å²) in [4.78, 5) is 24.5. The van der Waals surface area contributed by atoms with Gasteiger partial charge in [-0.1, -0.05) is 54.5 Å². The molecule has 1 aliphatic rings. The molecule has 1 saturated heterocycles. The highest BCUT2D eigenvalue weighted by atomic mass is 35.5. The van der Waals surface area contributed by atoms with Gasteiger partial charge in [-0.05, 0) is 23.2 Å². The smallest absolute Gasteiger partial charge is 0.333 e. The second-order valence-electron chi connectivity index (χ2n) is 9.39. The number of anilines is 1. The first-order valence-corrected chi connectivity index (χ1v) is 12.9. The number of fused-ring (bicyclic) bond motifs is 1. The molecule has 5 rings (SSSR count). The highest BCUT2D eigenvalue weighted by molar-refractivity contribution is 6.28. The van der Waals surface area contributed by atoms with Crippen molar-refractivity contribution < 1.29 is 34.0 Å². The number of nitrogens with zero attached hydrogens (tertiary/aromatic N) is 4. The lowest BCUT2D eigenvalue weighted by Gasteiger charge is -2.26. The predicted octanol–water partition coefficient (Wildman–Crippen LogP) is 2.57. The van der Waals surface area contributed by atoms with Crippen molar-refractivity contribution in [1.82, 2.24) is 19.5 Å². The Labute approximate surface area is 238 Å². The number of aliphatic hydroxyl groups excluding tert-OH is 1. The van der Waals surface area contributed by atoms with Gasteiger partial charge in [0.05, 0.1) is 12.9 Å². The summed E-state index contributed by atoms with van der Waals surface area (Å²) in [5, 5.41) is 34.7. The molecule has 0 amide bonds. The van der Waals surface area contributed by atoms with E-state index in [0.29, 0.717) is 5.56 Å². The molecule has 41 heavy (non-hydrogen) atoms. The molecular formula is C28H25ClFN5O6. The minimum atomic E-state index is -2.24. The second-order valence-corrected chi connectivity index (χ2v) is 9.73. The van der Waals surface area contributed by atoms with Gasteiger partial charge in [0.1, 0.15) is 18.0 Å². The number of aliphatic hydroxyl groups is 2. The molecule has 5 atom stereocenters. The Morgan fingerprint density at radius 2 is 1.98 bits per heavy atom. The van der Waals surface area contributed by atoms with Crippen LogP contribution >= 0.6 is 11.6 Å². The third kappa shape index (κ3) is 5.72. The Bertz CT molecular complexity index is 1600. The maximum absolute atomic E-state index is 14.1. The van der Waals surface area contributed by atoms with Crippen molar-refractivity contribution >= 4 is 34.6 Å². The highest BCUT2D eigenvalue weighted by Crippen LogP contribution is 2.39. The number of nitrogens with one attached hydrogen (secondary N) is 1. The summed E-state index contributed by atoms with van der Waals surface area (Å²) in [7, 11) is 0. The van der Waals surface area contributed by atoms with Crippen molar-refractivity contribution in [2.24, 2.45) is 0 Å². The molecule has 0 radical (unpaired) electrons. The Morgan fingerprint density at radius 1 is 1.24 bits per heavy atom. The summed E-state index contributed by atoms with van der Waals surface area (Å²) >= 11 is 6.16. The van der Waals surface area contributed by atoms with Gasteiger partial charge in [0, 0.05) is 18.5 Å². The number of imidazole rings is 1. The topological polar surface area (TPSA) is 152 Å². The van der Waals surface area contributed by atoms with E-state index in [-0.39, 0.29) is 35.2 Å². The fourth-order valence-corrected chi connectivity index (χ4v) is 4.75. The van der Waals surface area contributed by atoms with Crippen molar-refractivity contribution in [2.75, 3.05) is 11.9 Å². The lowest BCUT2D eigenvalue weighted by Crippen LogP contribution is -2.48. The van der Waals surface area contributed by atoms with E-state index in [1.165, 1.54) is 17.0 Å². The van der Waals surface area contributed by atoms with Crippen LogP contribution in [0.5, 0.6) is 0 Å². The van der Waals surface area contributed by atoms with Gasteiger partial charge in [0.15, 0.2) is 34.9 Å². The third-order valence-corrected chi connectivity index (χ3v) is 6.98. The Balaban J connectivity index is 1.37. The zero-order valence-electron chi connectivity index (χ0n) is 21.4. The zero-order valence-corrected chi connectivity index (χ0v) is 22.1. The van der Waals surface area contributed by atoms with Gasteiger partial charge < -0.3 is 30.1 Å². The Morgan fingerprint density at radius 3 is 2.68 bits per heavy atom. The molecule has 11 nitrogen and oxygen atoms in total. The number of rotatable bonds is 10. The molecule has 1 aliphatic heterocycles. The molecule has 2 aromatic carbocycles. The first kappa shape index (κ1) is 28.4. The van der Waals surface area contributed by atoms with Crippen molar-refractivity contribution in [3.8, 4) is 12.3 Å². The molecule has 2 aromatic heterocycles. The molecule has 0 aliphatic carbocycles. The van der Waals surface area contributed by atoms with Crippen molar-refractivity contribution in [2.45, 2.75) is 43.1 Å². The largest absolute Gasteiger partial charge is 0.479 e. The van der Waals surface area contributed by atoms with E-state index in [9.17, 15) is 24.5 Å². The number of carbonyl (C=O) groups is 1. The summed E-state index contributed by atoms with van der Waals surface area (Å²) in [6.45, 7) is -0.357. The molecule has 0 saturated carbocycles. The molecule has 4 aromatic rings. The van der Waals surface area contributed by atoms with Gasteiger partial charge >= 0.3 is 5.97 Å². The number of hydrogen-bond acceptors (Lipinski definition) is 9. The maximum atomic E-state index is 14.1. The van der Waals surface area contributed by atoms with E-state index >= 15 is 0 Å². The first-order chi connectivity index (χ1) is 19.7. The molecule has 212 valence electrons. The van der Waals surface area contributed by atoms with Crippen LogP contribution in [0.15, 0.2) is 60.9 Å². The minimum Gasteiger partial charge on any atom is -0.479 e. The number of halogens is 2. The van der Waals surface area contributed by atoms with Crippen molar-refractivity contribution in [3.63, 3.8) is 0 Å². The molecule has 13 heteroatoms. The summed E-state index contributed by atoms with van der Waals surface area (Å²) in [5.41, 5.74) is -0.742. The number of ether oxygens (including phenoxy) is 2. The van der Waals surface area contributed by atoms with Gasteiger partial charge in [-0.2, -0.15) is 9.97 Å². The first-order valence-electron chi connectivity index (χ1n) is 12.5. The van der Waals surface area contributed by atoms with Gasteiger partial charge in [-0.25, -0.2) is 14.2 Å². The molecule has 0 bridgehead atoms. The van der Waals surface area contributed by atoms with E-state index in [0.717, 1.165) is 5.56 Å². The van der Waals surface area contributed by atoms with Crippen LogP contribution in [-0.2, 0) is 27.2 Å². The van der Waals surface area contributed by atoms with E-state index in [1.807, 2.05) is 0 Å². The van der Waals surface area contributed by atoms with Gasteiger partial charge in [-0.15, -0.1) is 6.42 Å². The lowest BCUT2D eigenvalue weighted by molar-refractivity contribution is -0.156. The number of terminal acetylenes is 1. The van der Waals surface area contributed by atoms with Crippen LogP contribution in [0.3, 0.4) is 0 Å². The van der Waals surface area contributed by atoms with E-state index in [2.05, 4.69) is 26.2 Å². The van der Waals surface area contributed by atoms with Gasteiger partial charge in [0.2, 0.25) is 5.28 Å². The Hall–Kier alpha value is -4.12. The standard InChI is InChI=1S/C28H25ClFN5O6/c1-2-28(39)20(14-40-19(26(37)38)12-16-8-4-3-5-9-16)41-25(22(28)36)35-15-32-21-23(33-27(29)34-24(21)35)31-13-17-10-6-7-11-18(17)30/h1,3-11,15,19-20,22,25,36,39H,12-14H2,(H,37,38)(H,31,33,34)/t19?,20-,22+,25-,28-/m1/s1. The third-order valence-electron chi connectivity index (χ3n) is 6.81. The average Bonchev–Trinajstić information content (AvgIpc) is 3.49.